The van der Waals surface area contributed by atoms with Crippen LogP contribution in [-0.4, -0.2) is 12.0 Å². The zero-order chi connectivity index (χ0) is 15.3. The van der Waals surface area contributed by atoms with Gasteiger partial charge in [-0.25, -0.2) is 0 Å². The number of benzene rings is 1. The van der Waals surface area contributed by atoms with E-state index in [0.717, 1.165) is 23.3 Å². The lowest BCUT2D eigenvalue weighted by Crippen LogP contribution is -2.31. The summed E-state index contributed by atoms with van der Waals surface area (Å²) in [6.07, 6.45) is 1.08. The summed E-state index contributed by atoms with van der Waals surface area (Å²) < 4.78 is 6.21. The van der Waals surface area contributed by atoms with Gasteiger partial charge in [0.2, 0.25) is 5.91 Å². The highest BCUT2D eigenvalue weighted by molar-refractivity contribution is 5.93. The molecule has 0 bridgehead atoms. The van der Waals surface area contributed by atoms with Crippen molar-refractivity contribution in [2.45, 2.75) is 64.9 Å². The molecule has 3 nitrogen and oxygen atoms in total. The number of carbonyl (C=O) groups excluding carboxylic acids is 1. The Bertz CT molecular complexity index is 553. The fourth-order valence-electron chi connectivity index (χ4n) is 2.99. The van der Waals surface area contributed by atoms with E-state index in [9.17, 15) is 4.79 Å². The highest BCUT2D eigenvalue weighted by Gasteiger charge is 2.43. The Morgan fingerprint density at radius 3 is 2.40 bits per heavy atom. The number of nitrogens with two attached hydrogens (primary N) is 1. The number of carbonyl (C=O) groups is 1. The average molecular weight is 275 g/mol. The number of primary amides is 1. The second-order valence-corrected chi connectivity index (χ2v) is 7.25. The van der Waals surface area contributed by atoms with Crippen molar-refractivity contribution in [1.29, 1.82) is 0 Å². The molecule has 0 saturated carbocycles. The molecule has 0 aromatic heterocycles. The zero-order valence-corrected chi connectivity index (χ0v) is 13.3. The third kappa shape index (κ3) is 2.19. The molecule has 2 N–H and O–H groups in total. The van der Waals surface area contributed by atoms with Crippen LogP contribution in [0.5, 0.6) is 5.75 Å². The van der Waals surface area contributed by atoms with Crippen molar-refractivity contribution in [3.05, 3.63) is 28.8 Å². The SMILES string of the molecule is CCC1Oc2c(C(C)(C)C)cc(C(N)=O)cc2C1(C)C. The minimum atomic E-state index is -0.381. The second kappa shape index (κ2) is 4.51. The summed E-state index contributed by atoms with van der Waals surface area (Å²) >= 11 is 0. The highest BCUT2D eigenvalue weighted by Crippen LogP contribution is 2.48. The van der Waals surface area contributed by atoms with Crippen LogP contribution in [0.25, 0.3) is 0 Å². The van der Waals surface area contributed by atoms with Gasteiger partial charge in [-0.1, -0.05) is 41.5 Å². The van der Waals surface area contributed by atoms with Crippen LogP contribution >= 0.6 is 0 Å². The molecule has 2 rings (SSSR count). The molecule has 110 valence electrons. The molecule has 20 heavy (non-hydrogen) atoms. The third-order valence-electron chi connectivity index (χ3n) is 4.31. The van der Waals surface area contributed by atoms with Gasteiger partial charge < -0.3 is 10.5 Å². The monoisotopic (exact) mass is 275 g/mol. The summed E-state index contributed by atoms with van der Waals surface area (Å²) in [5.41, 5.74) is 8.04. The van der Waals surface area contributed by atoms with Crippen LogP contribution in [0, 0.1) is 0 Å². The van der Waals surface area contributed by atoms with E-state index >= 15 is 0 Å². The largest absolute Gasteiger partial charge is 0.489 e. The smallest absolute Gasteiger partial charge is 0.248 e. The zero-order valence-electron chi connectivity index (χ0n) is 13.3. The highest BCUT2D eigenvalue weighted by atomic mass is 16.5. The van der Waals surface area contributed by atoms with Crippen molar-refractivity contribution in [2.75, 3.05) is 0 Å². The molecule has 0 aliphatic carbocycles. The molecule has 1 unspecified atom stereocenters. The van der Waals surface area contributed by atoms with Crippen LogP contribution in [0.2, 0.25) is 0 Å². The number of amides is 1. The topological polar surface area (TPSA) is 52.3 Å². The van der Waals surface area contributed by atoms with Gasteiger partial charge in [0.15, 0.2) is 0 Å². The lowest BCUT2D eigenvalue weighted by atomic mass is 9.76. The molecule has 1 atom stereocenters. The van der Waals surface area contributed by atoms with Crippen LogP contribution in [0.3, 0.4) is 0 Å². The van der Waals surface area contributed by atoms with Crippen molar-refractivity contribution in [1.82, 2.24) is 0 Å². The lowest BCUT2D eigenvalue weighted by molar-refractivity contribution is 0.1000. The van der Waals surface area contributed by atoms with Crippen molar-refractivity contribution in [3.63, 3.8) is 0 Å². The van der Waals surface area contributed by atoms with Crippen LogP contribution in [-0.2, 0) is 10.8 Å². The molecule has 0 saturated heterocycles. The van der Waals surface area contributed by atoms with Gasteiger partial charge in [-0.05, 0) is 24.0 Å². The first-order chi connectivity index (χ1) is 9.09. The first-order valence-electron chi connectivity index (χ1n) is 7.24. The van der Waals surface area contributed by atoms with E-state index in [4.69, 9.17) is 10.5 Å². The van der Waals surface area contributed by atoms with E-state index in [-0.39, 0.29) is 22.8 Å². The summed E-state index contributed by atoms with van der Waals surface area (Å²) in [6, 6.07) is 3.79. The Hall–Kier alpha value is -1.51. The maximum absolute atomic E-state index is 11.6. The van der Waals surface area contributed by atoms with E-state index in [0.29, 0.717) is 5.56 Å². The Labute approximate surface area is 121 Å². The first kappa shape index (κ1) is 14.9. The number of rotatable bonds is 2. The van der Waals surface area contributed by atoms with Crippen molar-refractivity contribution in [2.24, 2.45) is 5.73 Å². The molecule has 1 aliphatic rings. The minimum absolute atomic E-state index is 0.0890. The fraction of sp³-hybridized carbons (Fsp3) is 0.588. The standard InChI is InChI=1S/C17H25NO2/c1-7-13-17(5,6)12-9-10(15(18)19)8-11(14(12)20-13)16(2,3)4/h8-9,13H,7H2,1-6H3,(H2,18,19). The van der Waals surface area contributed by atoms with E-state index in [2.05, 4.69) is 41.5 Å². The Kier molecular flexibility index (Phi) is 3.35. The van der Waals surface area contributed by atoms with Gasteiger partial charge in [-0.3, -0.25) is 4.79 Å². The van der Waals surface area contributed by atoms with Crippen LogP contribution in [0.15, 0.2) is 12.1 Å². The van der Waals surface area contributed by atoms with Crippen molar-refractivity contribution >= 4 is 5.91 Å². The summed E-state index contributed by atoms with van der Waals surface area (Å²) in [5.74, 6) is 0.563. The third-order valence-corrected chi connectivity index (χ3v) is 4.31. The normalized spacial score (nSPS) is 20.4. The predicted octanol–water partition coefficient (Wildman–Crippen LogP) is 3.53. The van der Waals surface area contributed by atoms with Gasteiger partial charge in [-0.2, -0.15) is 0 Å². The molecule has 3 heteroatoms. The summed E-state index contributed by atoms with van der Waals surface area (Å²) in [6.45, 7) is 12.9. The molecule has 1 heterocycles. The van der Waals surface area contributed by atoms with Crippen molar-refractivity contribution in [3.8, 4) is 5.75 Å². The van der Waals surface area contributed by atoms with Crippen LogP contribution in [0.1, 0.15) is 69.4 Å². The number of fused-ring (bicyclic) bond motifs is 1. The molecule has 1 aromatic rings. The number of ether oxygens (including phenoxy) is 1. The molecule has 1 amide bonds. The van der Waals surface area contributed by atoms with Gasteiger partial charge in [0, 0.05) is 22.1 Å². The molecular weight excluding hydrogens is 250 g/mol. The molecule has 0 spiro atoms. The molecule has 1 aliphatic heterocycles. The van der Waals surface area contributed by atoms with E-state index < -0.39 is 0 Å². The van der Waals surface area contributed by atoms with Gasteiger partial charge in [0.25, 0.3) is 0 Å². The minimum Gasteiger partial charge on any atom is -0.489 e. The van der Waals surface area contributed by atoms with Crippen LogP contribution in [0.4, 0.5) is 0 Å². The maximum atomic E-state index is 11.6. The fourth-order valence-corrected chi connectivity index (χ4v) is 2.99. The average Bonchev–Trinajstić information content (AvgIpc) is 2.58. The number of hydrogen-bond donors (Lipinski definition) is 1. The molecule has 0 fully saturated rings. The summed E-state index contributed by atoms with van der Waals surface area (Å²) in [5, 5.41) is 0. The first-order valence-corrected chi connectivity index (χ1v) is 7.24. The van der Waals surface area contributed by atoms with Crippen LogP contribution < -0.4 is 10.5 Å². The van der Waals surface area contributed by atoms with Gasteiger partial charge in [-0.15, -0.1) is 0 Å². The van der Waals surface area contributed by atoms with Crippen molar-refractivity contribution < 1.29 is 9.53 Å². The summed E-state index contributed by atoms with van der Waals surface area (Å²) in [7, 11) is 0. The quantitative estimate of drug-likeness (QED) is 0.897. The van der Waals surface area contributed by atoms with E-state index in [1.54, 1.807) is 0 Å². The molecular formula is C17H25NO2. The Morgan fingerprint density at radius 1 is 1.35 bits per heavy atom. The second-order valence-electron chi connectivity index (χ2n) is 7.25. The number of hydrogen-bond acceptors (Lipinski definition) is 2. The summed E-state index contributed by atoms with van der Waals surface area (Å²) in [4.78, 5) is 11.6. The Balaban J connectivity index is 2.72. The molecule has 0 radical (unpaired) electrons. The predicted molar refractivity (Wildman–Crippen MR) is 81.4 cm³/mol. The lowest BCUT2D eigenvalue weighted by Gasteiger charge is -2.24. The molecule has 1 aromatic carbocycles. The van der Waals surface area contributed by atoms with Gasteiger partial charge in [0.1, 0.15) is 11.9 Å². The maximum Gasteiger partial charge on any atom is 0.248 e. The van der Waals surface area contributed by atoms with E-state index in [1.165, 1.54) is 0 Å². The van der Waals surface area contributed by atoms with E-state index in [1.807, 2.05) is 12.1 Å². The Morgan fingerprint density at radius 2 is 1.95 bits per heavy atom. The van der Waals surface area contributed by atoms with Gasteiger partial charge in [0.05, 0.1) is 0 Å². The van der Waals surface area contributed by atoms with Gasteiger partial charge >= 0.3 is 0 Å².